The third-order valence-corrected chi connectivity index (χ3v) is 16.1. The monoisotopic (exact) mass is 1020 g/mol. The molecule has 0 saturated carbocycles. The molecule has 0 spiro atoms. The minimum absolute atomic E-state index is 0.0139. The van der Waals surface area contributed by atoms with Crippen LogP contribution in [0.2, 0.25) is 0 Å². The highest BCUT2D eigenvalue weighted by Gasteiger charge is 2.45. The molecule has 3 fully saturated rings. The quantitative estimate of drug-likeness (QED) is 0.0811. The summed E-state index contributed by atoms with van der Waals surface area (Å²) in [6.45, 7) is 13.0. The summed E-state index contributed by atoms with van der Waals surface area (Å²) >= 11 is 3.60. The van der Waals surface area contributed by atoms with Gasteiger partial charge < -0.3 is 29.7 Å². The summed E-state index contributed by atoms with van der Waals surface area (Å²) in [5, 5.41) is 14.3. The SMILES string of the molecule is COc1cc(N2CCN(CCC3CCN(c4cc5c(cc4F)C(=O)N(C4CCC(=O)NC4=O)C5=O)CC3)CC2)c(-c2cnn(C)c2)cc1Nc1ncc(Br)c(Nc2ccc(C)c(C)c2P(C)(C)=O)n1. The minimum atomic E-state index is -2.64. The van der Waals surface area contributed by atoms with E-state index in [0.29, 0.717) is 46.7 Å². The number of nitrogens with zero attached hydrogens (tertiary/aromatic N) is 8. The predicted octanol–water partition coefficient (Wildman–Crippen LogP) is 6.97. The molecule has 3 aromatic carbocycles. The summed E-state index contributed by atoms with van der Waals surface area (Å²) in [6.07, 6.45) is 8.30. The molecule has 69 heavy (non-hydrogen) atoms. The number of ether oxygens (including phenoxy) is 1. The first-order chi connectivity index (χ1) is 33.0. The van der Waals surface area contributed by atoms with E-state index in [1.165, 1.54) is 6.07 Å². The van der Waals surface area contributed by atoms with Crippen LogP contribution in [-0.2, 0) is 21.2 Å². The summed E-state index contributed by atoms with van der Waals surface area (Å²) in [6, 6.07) is 9.51. The van der Waals surface area contributed by atoms with Crippen molar-refractivity contribution in [1.82, 2.24) is 34.9 Å². The number of nitrogens with one attached hydrogen (secondary N) is 3. The minimum Gasteiger partial charge on any atom is -0.494 e. The molecule has 0 radical (unpaired) electrons. The van der Waals surface area contributed by atoms with E-state index in [2.05, 4.69) is 63.9 Å². The Labute approximate surface area is 408 Å². The van der Waals surface area contributed by atoms with Gasteiger partial charge in [0.1, 0.15) is 30.6 Å². The van der Waals surface area contributed by atoms with Gasteiger partial charge in [-0.3, -0.25) is 39.0 Å². The van der Waals surface area contributed by atoms with Crippen molar-refractivity contribution < 1.29 is 32.9 Å². The number of amides is 4. The van der Waals surface area contributed by atoms with Gasteiger partial charge >= 0.3 is 0 Å². The van der Waals surface area contributed by atoms with Crippen LogP contribution in [0.3, 0.4) is 0 Å². The highest BCUT2D eigenvalue weighted by atomic mass is 79.9. The zero-order valence-corrected chi connectivity index (χ0v) is 42.0. The Hall–Kier alpha value is -6.17. The molecule has 3 saturated heterocycles. The van der Waals surface area contributed by atoms with Crippen molar-refractivity contribution in [3.05, 3.63) is 87.5 Å². The van der Waals surface area contributed by atoms with Crippen molar-refractivity contribution in [3.8, 4) is 16.9 Å². The number of hydrogen-bond donors (Lipinski definition) is 3. The van der Waals surface area contributed by atoms with E-state index in [1.807, 2.05) is 50.3 Å². The first-order valence-corrected chi connectivity index (χ1v) is 26.6. The van der Waals surface area contributed by atoms with Crippen molar-refractivity contribution in [2.24, 2.45) is 13.0 Å². The van der Waals surface area contributed by atoms with Gasteiger partial charge in [0, 0.05) is 93.3 Å². The van der Waals surface area contributed by atoms with Crippen LogP contribution < -0.4 is 35.8 Å². The van der Waals surface area contributed by atoms with Crippen LogP contribution in [0.4, 0.5) is 38.9 Å². The van der Waals surface area contributed by atoms with E-state index in [1.54, 1.807) is 31.3 Å². The summed E-state index contributed by atoms with van der Waals surface area (Å²) in [5.74, 6) is -1.17. The van der Waals surface area contributed by atoms with Crippen LogP contribution in [0.25, 0.3) is 11.1 Å². The number of carbonyl (C=O) groups is 4. The molecule has 17 nitrogen and oxygen atoms in total. The molecule has 6 heterocycles. The van der Waals surface area contributed by atoms with Crippen molar-refractivity contribution >= 4 is 86.5 Å². The number of aryl methyl sites for hydroxylation is 2. The van der Waals surface area contributed by atoms with Gasteiger partial charge in [-0.25, -0.2) is 9.37 Å². The summed E-state index contributed by atoms with van der Waals surface area (Å²) in [5.41, 5.74) is 6.70. The van der Waals surface area contributed by atoms with E-state index in [4.69, 9.17) is 9.72 Å². The number of piperidine rings is 2. The zero-order chi connectivity index (χ0) is 48.9. The summed E-state index contributed by atoms with van der Waals surface area (Å²) in [4.78, 5) is 67.9. The summed E-state index contributed by atoms with van der Waals surface area (Å²) < 4.78 is 37.5. The van der Waals surface area contributed by atoms with E-state index < -0.39 is 42.6 Å². The topological polar surface area (TPSA) is 187 Å². The Morgan fingerprint density at radius 3 is 2.25 bits per heavy atom. The lowest BCUT2D eigenvalue weighted by atomic mass is 9.92. The highest BCUT2D eigenvalue weighted by molar-refractivity contribution is 9.10. The Morgan fingerprint density at radius 1 is 0.870 bits per heavy atom. The zero-order valence-electron chi connectivity index (χ0n) is 39.6. The maximum atomic E-state index is 15.6. The van der Waals surface area contributed by atoms with Crippen LogP contribution in [0.1, 0.15) is 63.9 Å². The van der Waals surface area contributed by atoms with Crippen LogP contribution in [0.15, 0.2) is 59.5 Å². The fourth-order valence-corrected chi connectivity index (χ4v) is 12.0. The maximum Gasteiger partial charge on any atom is 0.262 e. The van der Waals surface area contributed by atoms with E-state index in [9.17, 15) is 23.7 Å². The molecule has 4 aliphatic rings. The number of rotatable bonds is 13. The average Bonchev–Trinajstić information content (AvgIpc) is 3.86. The number of imide groups is 2. The molecular weight excluding hydrogens is 968 g/mol. The lowest BCUT2D eigenvalue weighted by molar-refractivity contribution is -0.136. The Kier molecular flexibility index (Phi) is 13.4. The number of methoxy groups -OCH3 is 1. The third-order valence-electron chi connectivity index (χ3n) is 13.8. The molecule has 362 valence electrons. The number of carbonyl (C=O) groups excluding carboxylic acids is 4. The number of anilines is 6. The van der Waals surface area contributed by atoms with Crippen LogP contribution >= 0.6 is 23.1 Å². The first-order valence-electron chi connectivity index (χ1n) is 23.2. The third kappa shape index (κ3) is 9.73. The van der Waals surface area contributed by atoms with Crippen LogP contribution in [-0.4, -0.2) is 125 Å². The number of piperazine rings is 1. The highest BCUT2D eigenvalue weighted by Crippen LogP contribution is 2.43. The standard InChI is InChI=1S/C49H56BrFN11O6P/c1-28-7-8-37(44(29(28)2)69(5,6)67)54-45-35(50)26-52-49(57-45)55-38-22-32(31-25-53-58(3)27-31)40(24-42(38)68-4)61-19-17-59(18-20-61)14-11-30-12-15-60(16-13-30)41-23-34-33(21-36(41)51)47(65)62(48(34)66)39-9-10-43(63)56-46(39)64/h7-8,21-27,30,39H,9-20H2,1-6H3,(H,56,63,64)(H2,52,54,55,57). The van der Waals surface area contributed by atoms with Crippen LogP contribution in [0.5, 0.6) is 5.75 Å². The van der Waals surface area contributed by atoms with E-state index >= 15 is 4.39 Å². The second-order valence-electron chi connectivity index (χ2n) is 18.7. The van der Waals surface area contributed by atoms with Crippen LogP contribution in [0, 0.1) is 25.6 Å². The number of hydrogen-bond acceptors (Lipinski definition) is 14. The molecule has 2 aromatic heterocycles. The molecule has 5 aromatic rings. The molecule has 9 rings (SSSR count). The molecule has 4 aliphatic heterocycles. The lowest BCUT2D eigenvalue weighted by Crippen LogP contribution is -2.54. The summed E-state index contributed by atoms with van der Waals surface area (Å²) in [7, 11) is 0.898. The molecule has 0 bridgehead atoms. The molecule has 1 atom stereocenters. The molecular formula is C49H56BrFN11O6P. The number of aromatic nitrogens is 4. The van der Waals surface area contributed by atoms with Crippen molar-refractivity contribution in [2.75, 3.05) is 86.7 Å². The second-order valence-corrected chi connectivity index (χ2v) is 22.7. The number of halogens is 2. The van der Waals surface area contributed by atoms with E-state index in [-0.39, 0.29) is 29.7 Å². The Morgan fingerprint density at radius 2 is 1.58 bits per heavy atom. The smallest absolute Gasteiger partial charge is 0.262 e. The molecule has 20 heteroatoms. The Balaban J connectivity index is 0.834. The van der Waals surface area contributed by atoms with Gasteiger partial charge in [-0.15, -0.1) is 0 Å². The van der Waals surface area contributed by atoms with Gasteiger partial charge in [0.25, 0.3) is 11.8 Å². The van der Waals surface area contributed by atoms with Crippen molar-refractivity contribution in [2.45, 2.75) is 52.0 Å². The largest absolute Gasteiger partial charge is 0.494 e. The maximum absolute atomic E-state index is 15.6. The molecule has 4 amide bonds. The number of benzene rings is 3. The second kappa shape index (κ2) is 19.3. The van der Waals surface area contributed by atoms with Gasteiger partial charge in [0.15, 0.2) is 0 Å². The molecule has 3 N–H and O–H groups in total. The molecule has 0 aliphatic carbocycles. The lowest BCUT2D eigenvalue weighted by Gasteiger charge is -2.39. The van der Waals surface area contributed by atoms with Crippen molar-refractivity contribution in [1.29, 1.82) is 0 Å². The fourth-order valence-electron chi connectivity index (χ4n) is 10.0. The average molecular weight is 1020 g/mol. The van der Waals surface area contributed by atoms with Gasteiger partial charge in [0.05, 0.1) is 46.0 Å². The Bertz CT molecular complexity index is 2930. The van der Waals surface area contributed by atoms with E-state index in [0.717, 1.165) is 102 Å². The predicted molar refractivity (Wildman–Crippen MR) is 268 cm³/mol. The first kappa shape index (κ1) is 47.9. The van der Waals surface area contributed by atoms with Gasteiger partial charge in [0.2, 0.25) is 17.8 Å². The number of fused-ring (bicyclic) bond motifs is 1. The van der Waals surface area contributed by atoms with Gasteiger partial charge in [-0.05, 0) is 117 Å². The van der Waals surface area contributed by atoms with Gasteiger partial charge in [-0.1, -0.05) is 6.07 Å². The fraction of sp³-hybridized carbons (Fsp3) is 0.408. The van der Waals surface area contributed by atoms with Gasteiger partial charge in [-0.2, -0.15) is 10.1 Å². The molecule has 1 unspecified atom stereocenters. The normalized spacial score (nSPS) is 18.2. The van der Waals surface area contributed by atoms with Crippen molar-refractivity contribution in [3.63, 3.8) is 0 Å².